The fourth-order valence-corrected chi connectivity index (χ4v) is 3.05. The maximum Gasteiger partial charge on any atom is 0.339 e. The highest BCUT2D eigenvalue weighted by molar-refractivity contribution is 5.96. The molecule has 6 heteroatoms. The van der Waals surface area contributed by atoms with Crippen LogP contribution in [0.4, 0.5) is 0 Å². The third-order valence-electron chi connectivity index (χ3n) is 4.34. The van der Waals surface area contributed by atoms with Gasteiger partial charge in [0.05, 0.1) is 25.6 Å². The maximum absolute atomic E-state index is 12.1. The van der Waals surface area contributed by atoms with Gasteiger partial charge in [0.1, 0.15) is 22.8 Å². The van der Waals surface area contributed by atoms with Crippen LogP contribution < -0.4 is 9.47 Å². The summed E-state index contributed by atoms with van der Waals surface area (Å²) in [4.78, 5) is 12.1. The number of methoxy groups -OCH3 is 2. The zero-order valence-electron chi connectivity index (χ0n) is 15.6. The van der Waals surface area contributed by atoms with Gasteiger partial charge in [-0.1, -0.05) is 25.5 Å². The lowest BCUT2D eigenvalue weighted by molar-refractivity contribution is 0.0696. The van der Waals surface area contributed by atoms with E-state index in [4.69, 9.17) is 9.47 Å². The standard InChI is InChI=1S/C21H22N2O4/c1-4-6-18-19(21(24)25)20(14-7-5-8-17(13-14)27-3)22-23(18)15-9-11-16(26-2)12-10-15/h5,7-13H,4,6H2,1-3H3,(H,24,25). The van der Waals surface area contributed by atoms with Crippen LogP contribution in [0.5, 0.6) is 11.5 Å². The Labute approximate surface area is 158 Å². The van der Waals surface area contributed by atoms with Crippen LogP contribution in [-0.4, -0.2) is 35.1 Å². The first-order chi connectivity index (χ1) is 13.1. The summed E-state index contributed by atoms with van der Waals surface area (Å²) >= 11 is 0. The van der Waals surface area contributed by atoms with Gasteiger partial charge in [0.25, 0.3) is 0 Å². The van der Waals surface area contributed by atoms with Crippen LogP contribution in [-0.2, 0) is 6.42 Å². The second-order valence-corrected chi connectivity index (χ2v) is 6.07. The molecule has 0 radical (unpaired) electrons. The molecule has 0 aliphatic rings. The molecule has 0 bridgehead atoms. The lowest BCUT2D eigenvalue weighted by Crippen LogP contribution is -2.06. The van der Waals surface area contributed by atoms with E-state index in [9.17, 15) is 9.90 Å². The number of aromatic carboxylic acids is 1. The van der Waals surface area contributed by atoms with Gasteiger partial charge >= 0.3 is 5.97 Å². The van der Waals surface area contributed by atoms with Gasteiger partial charge in [0.2, 0.25) is 0 Å². The molecular formula is C21H22N2O4. The van der Waals surface area contributed by atoms with Crippen molar-refractivity contribution in [2.45, 2.75) is 19.8 Å². The summed E-state index contributed by atoms with van der Waals surface area (Å²) < 4.78 is 12.2. The molecular weight excluding hydrogens is 344 g/mol. The number of ether oxygens (including phenoxy) is 2. The molecule has 2 aromatic carbocycles. The highest BCUT2D eigenvalue weighted by Crippen LogP contribution is 2.31. The Balaban J connectivity index is 2.22. The molecule has 6 nitrogen and oxygen atoms in total. The van der Waals surface area contributed by atoms with Crippen molar-refractivity contribution in [1.82, 2.24) is 9.78 Å². The molecule has 0 saturated heterocycles. The maximum atomic E-state index is 12.1. The topological polar surface area (TPSA) is 73.6 Å². The number of nitrogens with zero attached hydrogens (tertiary/aromatic N) is 2. The zero-order chi connectivity index (χ0) is 19.4. The Morgan fingerprint density at radius 1 is 1.07 bits per heavy atom. The Kier molecular flexibility index (Phi) is 5.45. The number of hydrogen-bond acceptors (Lipinski definition) is 4. The van der Waals surface area contributed by atoms with Crippen LogP contribution >= 0.6 is 0 Å². The van der Waals surface area contributed by atoms with Gasteiger partial charge in [-0.25, -0.2) is 9.48 Å². The molecule has 0 saturated carbocycles. The Hall–Kier alpha value is -3.28. The molecule has 0 unspecified atom stereocenters. The highest BCUT2D eigenvalue weighted by atomic mass is 16.5. The summed E-state index contributed by atoms with van der Waals surface area (Å²) in [6.07, 6.45) is 1.41. The summed E-state index contributed by atoms with van der Waals surface area (Å²) in [7, 11) is 3.19. The zero-order valence-corrected chi connectivity index (χ0v) is 15.6. The molecule has 0 atom stereocenters. The molecule has 3 aromatic rings. The SMILES string of the molecule is CCCc1c(C(=O)O)c(-c2cccc(OC)c2)nn1-c1ccc(OC)cc1. The largest absolute Gasteiger partial charge is 0.497 e. The van der Waals surface area contributed by atoms with Gasteiger partial charge in [-0.2, -0.15) is 5.10 Å². The second-order valence-electron chi connectivity index (χ2n) is 6.07. The third kappa shape index (κ3) is 3.65. The minimum absolute atomic E-state index is 0.223. The van der Waals surface area contributed by atoms with Crippen LogP contribution in [0, 0.1) is 0 Å². The first-order valence-electron chi connectivity index (χ1n) is 8.73. The predicted molar refractivity (Wildman–Crippen MR) is 103 cm³/mol. The van der Waals surface area contributed by atoms with Crippen molar-refractivity contribution in [2.24, 2.45) is 0 Å². The van der Waals surface area contributed by atoms with Crippen molar-refractivity contribution in [3.63, 3.8) is 0 Å². The number of carbonyl (C=O) groups is 1. The smallest absolute Gasteiger partial charge is 0.339 e. The van der Waals surface area contributed by atoms with Crippen LogP contribution in [0.2, 0.25) is 0 Å². The number of aromatic nitrogens is 2. The van der Waals surface area contributed by atoms with E-state index < -0.39 is 5.97 Å². The predicted octanol–water partition coefficient (Wildman–Crippen LogP) is 4.21. The fraction of sp³-hybridized carbons (Fsp3) is 0.238. The molecule has 0 amide bonds. The van der Waals surface area contributed by atoms with Crippen LogP contribution in [0.1, 0.15) is 29.4 Å². The summed E-state index contributed by atoms with van der Waals surface area (Å²) in [5.74, 6) is 0.394. The molecule has 0 fully saturated rings. The summed E-state index contributed by atoms with van der Waals surface area (Å²) in [5, 5.41) is 14.6. The van der Waals surface area contributed by atoms with E-state index in [1.807, 2.05) is 49.4 Å². The summed E-state index contributed by atoms with van der Waals surface area (Å²) in [6.45, 7) is 2.02. The Morgan fingerprint density at radius 2 is 1.78 bits per heavy atom. The van der Waals surface area contributed by atoms with Crippen molar-refractivity contribution >= 4 is 5.97 Å². The minimum atomic E-state index is -0.990. The van der Waals surface area contributed by atoms with Crippen LogP contribution in [0.3, 0.4) is 0 Å². The lowest BCUT2D eigenvalue weighted by atomic mass is 10.0. The molecule has 1 N–H and O–H groups in total. The van der Waals surface area contributed by atoms with Gasteiger partial charge in [0, 0.05) is 5.56 Å². The second kappa shape index (κ2) is 7.95. The van der Waals surface area contributed by atoms with E-state index in [2.05, 4.69) is 5.10 Å². The van der Waals surface area contributed by atoms with Crippen molar-refractivity contribution in [3.05, 3.63) is 59.8 Å². The van der Waals surface area contributed by atoms with Gasteiger partial charge in [-0.05, 0) is 42.8 Å². The lowest BCUT2D eigenvalue weighted by Gasteiger charge is -2.08. The van der Waals surface area contributed by atoms with Crippen LogP contribution in [0.25, 0.3) is 16.9 Å². The van der Waals surface area contributed by atoms with Gasteiger partial charge in [-0.15, -0.1) is 0 Å². The molecule has 27 heavy (non-hydrogen) atoms. The quantitative estimate of drug-likeness (QED) is 0.678. The minimum Gasteiger partial charge on any atom is -0.497 e. The van der Waals surface area contributed by atoms with E-state index >= 15 is 0 Å². The van der Waals surface area contributed by atoms with Gasteiger partial charge < -0.3 is 14.6 Å². The summed E-state index contributed by atoms with van der Waals surface area (Å²) in [5.41, 5.74) is 2.82. The Bertz CT molecular complexity index is 945. The molecule has 1 heterocycles. The van der Waals surface area contributed by atoms with E-state index in [0.717, 1.165) is 17.9 Å². The van der Waals surface area contributed by atoms with Gasteiger partial charge in [-0.3, -0.25) is 0 Å². The van der Waals surface area contributed by atoms with Crippen molar-refractivity contribution in [1.29, 1.82) is 0 Å². The average molecular weight is 366 g/mol. The van der Waals surface area contributed by atoms with E-state index in [1.165, 1.54) is 0 Å². The van der Waals surface area contributed by atoms with Crippen molar-refractivity contribution in [2.75, 3.05) is 14.2 Å². The first-order valence-corrected chi connectivity index (χ1v) is 8.73. The highest BCUT2D eigenvalue weighted by Gasteiger charge is 2.25. The van der Waals surface area contributed by atoms with E-state index in [1.54, 1.807) is 25.0 Å². The van der Waals surface area contributed by atoms with Crippen molar-refractivity contribution in [3.8, 4) is 28.4 Å². The van der Waals surface area contributed by atoms with E-state index in [0.29, 0.717) is 29.1 Å². The molecule has 140 valence electrons. The third-order valence-corrected chi connectivity index (χ3v) is 4.34. The van der Waals surface area contributed by atoms with Crippen molar-refractivity contribution < 1.29 is 19.4 Å². The monoisotopic (exact) mass is 366 g/mol. The number of benzene rings is 2. The number of carboxylic acid groups (broad SMARTS) is 1. The first kappa shape index (κ1) is 18.5. The molecule has 0 aliphatic heterocycles. The Morgan fingerprint density at radius 3 is 2.37 bits per heavy atom. The molecule has 0 spiro atoms. The molecule has 0 aliphatic carbocycles. The fourth-order valence-electron chi connectivity index (χ4n) is 3.05. The van der Waals surface area contributed by atoms with E-state index in [-0.39, 0.29) is 5.56 Å². The van der Waals surface area contributed by atoms with Gasteiger partial charge in [0.15, 0.2) is 0 Å². The number of carboxylic acids is 1. The molecule has 3 rings (SSSR count). The number of hydrogen-bond donors (Lipinski definition) is 1. The summed E-state index contributed by atoms with van der Waals surface area (Å²) in [6, 6.07) is 14.7. The number of rotatable bonds is 7. The average Bonchev–Trinajstić information content (AvgIpc) is 3.08. The molecule has 1 aromatic heterocycles. The van der Waals surface area contributed by atoms with Crippen LogP contribution in [0.15, 0.2) is 48.5 Å². The normalized spacial score (nSPS) is 10.6.